The minimum Gasteiger partial charge on any atom is -0.481 e. The molecule has 0 amide bonds. The number of aryl methyl sites for hydroxylation is 1. The van der Waals surface area contributed by atoms with E-state index < -0.39 is 31.5 Å². The molecular weight excluding hydrogens is 623 g/mol. The number of carboxylic acid groups (broad SMARTS) is 1. The molecule has 4 rings (SSSR count). The van der Waals surface area contributed by atoms with E-state index in [0.29, 0.717) is 13.0 Å². The van der Waals surface area contributed by atoms with Crippen molar-refractivity contribution in [2.45, 2.75) is 54.7 Å². The first-order valence-corrected chi connectivity index (χ1v) is 17.8. The molecule has 2 aromatic carbocycles. The molecule has 0 spiro atoms. The highest BCUT2D eigenvalue weighted by atomic mass is 32.2. The molecule has 2 heterocycles. The van der Waals surface area contributed by atoms with Gasteiger partial charge in [0.25, 0.3) is 15.1 Å². The van der Waals surface area contributed by atoms with Crippen molar-refractivity contribution in [3.05, 3.63) is 77.0 Å². The Morgan fingerprint density at radius 3 is 2.36 bits per heavy atom. The number of thiazole rings is 1. The Labute approximate surface area is 263 Å². The second-order valence-corrected chi connectivity index (χ2v) is 16.0. The summed E-state index contributed by atoms with van der Waals surface area (Å²) in [5, 5.41) is 9.89. The van der Waals surface area contributed by atoms with E-state index in [1.165, 1.54) is 41.9 Å². The van der Waals surface area contributed by atoms with Gasteiger partial charge in [-0.25, -0.2) is 12.7 Å². The number of fused-ring (bicyclic) bond motifs is 2. The maximum absolute atomic E-state index is 12.6. The Hall–Kier alpha value is -3.36. The number of carboxylic acids is 1. The van der Waals surface area contributed by atoms with Gasteiger partial charge in [-0.3, -0.25) is 9.35 Å². The van der Waals surface area contributed by atoms with E-state index in [4.69, 9.17) is 5.11 Å². The van der Waals surface area contributed by atoms with Gasteiger partial charge in [-0.2, -0.15) is 13.0 Å². The molecule has 10 nitrogen and oxygen atoms in total. The molecular formula is C31H38N3O7S3+. The van der Waals surface area contributed by atoms with Crippen molar-refractivity contribution in [1.82, 2.24) is 4.31 Å². The molecule has 1 aliphatic rings. The van der Waals surface area contributed by atoms with Crippen LogP contribution in [0.3, 0.4) is 0 Å². The SMILES string of the molecule is CN(C)S(=O)(=O)c1ccc2c(c1)sc(/C=C/C=C/C=C1/N(CCCCCC(=O)O)c3ccc(S(=O)(=O)O)cc3C1(C)C)[n+]2C. The summed E-state index contributed by atoms with van der Waals surface area (Å²) in [5.41, 5.74) is 2.94. The van der Waals surface area contributed by atoms with Crippen molar-refractivity contribution < 1.29 is 35.9 Å². The van der Waals surface area contributed by atoms with E-state index in [0.717, 1.165) is 45.0 Å². The number of benzene rings is 2. The number of sulfonamides is 1. The molecule has 3 aromatic rings. The second-order valence-electron chi connectivity index (χ2n) is 11.3. The number of nitrogens with zero attached hydrogens (tertiary/aromatic N) is 3. The molecule has 0 saturated heterocycles. The molecule has 2 N–H and O–H groups in total. The van der Waals surface area contributed by atoms with Crippen LogP contribution in [0.4, 0.5) is 5.69 Å². The third-order valence-corrected chi connectivity index (χ3v) is 11.6. The molecule has 0 radical (unpaired) electrons. The van der Waals surface area contributed by atoms with Crippen LogP contribution in [0.5, 0.6) is 0 Å². The fourth-order valence-electron chi connectivity index (χ4n) is 5.30. The fraction of sp³-hybridized carbons (Fsp3) is 0.355. The highest BCUT2D eigenvalue weighted by Gasteiger charge is 2.40. The zero-order valence-electron chi connectivity index (χ0n) is 25.4. The van der Waals surface area contributed by atoms with Crippen LogP contribution in [0.15, 0.2) is 76.2 Å². The average Bonchev–Trinajstić information content (AvgIpc) is 3.36. The Morgan fingerprint density at radius 2 is 1.70 bits per heavy atom. The summed E-state index contributed by atoms with van der Waals surface area (Å²) in [7, 11) is -2.96. The van der Waals surface area contributed by atoms with Gasteiger partial charge in [0.2, 0.25) is 15.5 Å². The number of allylic oxidation sites excluding steroid dienone is 5. The largest absolute Gasteiger partial charge is 0.481 e. The van der Waals surface area contributed by atoms with Crippen LogP contribution in [0, 0.1) is 0 Å². The standard InChI is InChI=1S/C31H37N3O7S3/c1-31(2)24-20-23(44(39,40)41)16-17-25(24)34(19-11-7-10-14-30(35)36)28(31)12-8-6-9-13-29-33(5)26-18-15-22(21-27(26)42-29)43(37,38)32(3)4/h6,8-9,12-13,15-18,20-21H,7,10-11,14,19H2,1-5H3,(H-,35,36,39,40,41)/p+1. The molecule has 1 aliphatic heterocycles. The fourth-order valence-corrected chi connectivity index (χ4v) is 7.91. The molecule has 0 aliphatic carbocycles. The average molecular weight is 661 g/mol. The molecule has 0 bridgehead atoms. The van der Waals surface area contributed by atoms with Gasteiger partial charge in [-0.15, -0.1) is 0 Å². The molecule has 1 aromatic heterocycles. The maximum Gasteiger partial charge on any atom is 0.303 e. The number of rotatable bonds is 12. The minimum atomic E-state index is -4.37. The van der Waals surface area contributed by atoms with Crippen molar-refractivity contribution >= 4 is 59.4 Å². The molecule has 13 heteroatoms. The zero-order valence-corrected chi connectivity index (χ0v) is 27.8. The van der Waals surface area contributed by atoms with Gasteiger partial charge in [0.15, 0.2) is 0 Å². The van der Waals surface area contributed by atoms with E-state index in [2.05, 4.69) is 4.90 Å². The molecule has 0 unspecified atom stereocenters. The number of carbonyl (C=O) groups is 1. The summed E-state index contributed by atoms with van der Waals surface area (Å²) in [6, 6.07) is 9.73. The Morgan fingerprint density at radius 1 is 1.00 bits per heavy atom. The van der Waals surface area contributed by atoms with Crippen LogP contribution >= 0.6 is 11.3 Å². The number of anilines is 1. The third kappa shape index (κ3) is 6.97. The van der Waals surface area contributed by atoms with Crippen LogP contribution in [0.1, 0.15) is 50.1 Å². The van der Waals surface area contributed by atoms with Gasteiger partial charge in [-0.05, 0) is 54.8 Å². The summed E-state index contributed by atoms with van der Waals surface area (Å²) < 4.78 is 62.6. The van der Waals surface area contributed by atoms with Gasteiger partial charge in [0.1, 0.15) is 11.7 Å². The number of hydrogen-bond acceptors (Lipinski definition) is 7. The van der Waals surface area contributed by atoms with E-state index >= 15 is 0 Å². The maximum atomic E-state index is 12.6. The van der Waals surface area contributed by atoms with Crippen LogP contribution in [-0.2, 0) is 37.4 Å². The Bertz CT molecular complexity index is 1890. The first-order valence-electron chi connectivity index (χ1n) is 14.1. The minimum absolute atomic E-state index is 0.117. The highest BCUT2D eigenvalue weighted by molar-refractivity contribution is 7.89. The van der Waals surface area contributed by atoms with Crippen LogP contribution in [0.2, 0.25) is 0 Å². The second kappa shape index (κ2) is 12.9. The highest BCUT2D eigenvalue weighted by Crippen LogP contribution is 2.48. The molecule has 0 atom stereocenters. The lowest BCUT2D eigenvalue weighted by Gasteiger charge is -2.27. The van der Waals surface area contributed by atoms with Crippen molar-refractivity contribution in [2.75, 3.05) is 25.5 Å². The summed E-state index contributed by atoms with van der Waals surface area (Å²) in [5.74, 6) is -0.819. The van der Waals surface area contributed by atoms with E-state index in [1.807, 2.05) is 61.9 Å². The van der Waals surface area contributed by atoms with Crippen LogP contribution < -0.4 is 9.47 Å². The smallest absolute Gasteiger partial charge is 0.303 e. The van der Waals surface area contributed by atoms with Crippen LogP contribution in [-0.4, -0.2) is 57.4 Å². The first kappa shape index (κ1) is 33.5. The van der Waals surface area contributed by atoms with Gasteiger partial charge in [0.05, 0.1) is 9.79 Å². The van der Waals surface area contributed by atoms with E-state index in [9.17, 15) is 26.2 Å². The Kier molecular flexibility index (Phi) is 9.86. The molecule has 0 saturated carbocycles. The Balaban J connectivity index is 1.60. The predicted octanol–water partition coefficient (Wildman–Crippen LogP) is 5.12. The lowest BCUT2D eigenvalue weighted by atomic mass is 9.83. The topological polar surface area (TPSA) is 136 Å². The summed E-state index contributed by atoms with van der Waals surface area (Å²) in [4.78, 5) is 13.1. The van der Waals surface area contributed by atoms with Crippen molar-refractivity contribution in [3.63, 3.8) is 0 Å². The third-order valence-electron chi connectivity index (χ3n) is 7.76. The van der Waals surface area contributed by atoms with Crippen molar-refractivity contribution in [1.29, 1.82) is 0 Å². The quantitative estimate of drug-likeness (QED) is 0.118. The molecule has 0 fully saturated rings. The number of aromatic nitrogens is 1. The van der Waals surface area contributed by atoms with E-state index in [1.54, 1.807) is 18.2 Å². The van der Waals surface area contributed by atoms with Gasteiger partial charge in [0, 0.05) is 56.0 Å². The van der Waals surface area contributed by atoms with Crippen LogP contribution in [0.25, 0.3) is 16.3 Å². The summed E-state index contributed by atoms with van der Waals surface area (Å²) in [6.07, 6.45) is 11.8. The molecule has 236 valence electrons. The van der Waals surface area contributed by atoms with Gasteiger partial charge >= 0.3 is 5.97 Å². The van der Waals surface area contributed by atoms with Gasteiger partial charge in [-0.1, -0.05) is 49.8 Å². The predicted molar refractivity (Wildman–Crippen MR) is 173 cm³/mol. The normalized spacial score (nSPS) is 16.2. The zero-order chi connectivity index (χ0) is 32.4. The van der Waals surface area contributed by atoms with E-state index in [-0.39, 0.29) is 16.2 Å². The monoisotopic (exact) mass is 660 g/mol. The summed E-state index contributed by atoms with van der Waals surface area (Å²) >= 11 is 1.49. The number of hydrogen-bond donors (Lipinski definition) is 2. The first-order chi connectivity index (χ1) is 20.5. The van der Waals surface area contributed by atoms with Crippen molar-refractivity contribution in [2.24, 2.45) is 7.05 Å². The number of unbranched alkanes of at least 4 members (excludes halogenated alkanes) is 2. The number of aliphatic carboxylic acids is 1. The van der Waals surface area contributed by atoms with Crippen molar-refractivity contribution in [3.8, 4) is 0 Å². The summed E-state index contributed by atoms with van der Waals surface area (Å²) in [6.45, 7) is 4.63. The molecule has 44 heavy (non-hydrogen) atoms. The lowest BCUT2D eigenvalue weighted by Crippen LogP contribution is -2.29. The van der Waals surface area contributed by atoms with Gasteiger partial charge < -0.3 is 10.0 Å². The lowest BCUT2D eigenvalue weighted by molar-refractivity contribution is -0.642.